The summed E-state index contributed by atoms with van der Waals surface area (Å²) >= 11 is 0. The minimum atomic E-state index is -0.222. The summed E-state index contributed by atoms with van der Waals surface area (Å²) in [6.45, 7) is 7.82. The molecule has 0 aliphatic carbocycles. The van der Waals surface area contributed by atoms with Crippen LogP contribution in [0.5, 0.6) is 0 Å². The van der Waals surface area contributed by atoms with Crippen molar-refractivity contribution in [1.82, 2.24) is 10.6 Å². The molecular formula is C13H26N2O3. The first kappa shape index (κ1) is 16.9. The Labute approximate surface area is 109 Å². The minimum Gasteiger partial charge on any atom is -0.396 e. The van der Waals surface area contributed by atoms with Crippen LogP contribution in [0.4, 0.5) is 0 Å². The Kier molecular flexibility index (Phi) is 8.37. The standard InChI is InChI=1S/C13H26N2O3/c1-9(2)5-6-12(17)14-7-13(18)15-11(4)10(3)8-16/h9-11,16H,5-8H2,1-4H3,(H,14,17)(H,15,18). The zero-order chi connectivity index (χ0) is 14.1. The third-order valence-corrected chi connectivity index (χ3v) is 2.93. The molecule has 0 heterocycles. The molecule has 0 radical (unpaired) electrons. The zero-order valence-electron chi connectivity index (χ0n) is 11.8. The molecular weight excluding hydrogens is 232 g/mol. The smallest absolute Gasteiger partial charge is 0.239 e. The van der Waals surface area contributed by atoms with Gasteiger partial charge in [0.2, 0.25) is 11.8 Å². The van der Waals surface area contributed by atoms with Crippen LogP contribution in [-0.4, -0.2) is 36.1 Å². The largest absolute Gasteiger partial charge is 0.396 e. The maximum absolute atomic E-state index is 11.5. The zero-order valence-corrected chi connectivity index (χ0v) is 11.8. The highest BCUT2D eigenvalue weighted by Crippen LogP contribution is 2.02. The number of carbonyl (C=O) groups excluding carboxylic acids is 2. The molecule has 0 aromatic heterocycles. The highest BCUT2D eigenvalue weighted by molar-refractivity contribution is 5.84. The van der Waals surface area contributed by atoms with E-state index in [0.717, 1.165) is 6.42 Å². The van der Waals surface area contributed by atoms with Crippen molar-refractivity contribution in [1.29, 1.82) is 0 Å². The topological polar surface area (TPSA) is 78.4 Å². The molecule has 0 aliphatic rings. The van der Waals surface area contributed by atoms with Crippen molar-refractivity contribution in [2.45, 2.75) is 46.6 Å². The lowest BCUT2D eigenvalue weighted by Gasteiger charge is -2.19. The van der Waals surface area contributed by atoms with Crippen LogP contribution in [0.1, 0.15) is 40.5 Å². The monoisotopic (exact) mass is 258 g/mol. The van der Waals surface area contributed by atoms with Crippen molar-refractivity contribution in [3.63, 3.8) is 0 Å². The Morgan fingerprint density at radius 3 is 2.22 bits per heavy atom. The van der Waals surface area contributed by atoms with Crippen molar-refractivity contribution in [2.75, 3.05) is 13.2 Å². The second kappa shape index (κ2) is 8.91. The Hall–Kier alpha value is -1.10. The molecule has 2 atom stereocenters. The molecule has 0 bridgehead atoms. The summed E-state index contributed by atoms with van der Waals surface area (Å²) in [4.78, 5) is 22.9. The molecule has 0 spiro atoms. The molecule has 2 amide bonds. The highest BCUT2D eigenvalue weighted by Gasteiger charge is 2.14. The molecule has 5 heteroatoms. The van der Waals surface area contributed by atoms with Gasteiger partial charge in [0.1, 0.15) is 0 Å². The van der Waals surface area contributed by atoms with Gasteiger partial charge in [-0.2, -0.15) is 0 Å². The van der Waals surface area contributed by atoms with Crippen LogP contribution in [0.25, 0.3) is 0 Å². The van der Waals surface area contributed by atoms with E-state index in [-0.39, 0.29) is 36.9 Å². The number of hydrogen-bond donors (Lipinski definition) is 3. The van der Waals surface area contributed by atoms with Gasteiger partial charge >= 0.3 is 0 Å². The van der Waals surface area contributed by atoms with E-state index in [1.165, 1.54) is 0 Å². The number of carbonyl (C=O) groups is 2. The van der Waals surface area contributed by atoms with Crippen LogP contribution in [-0.2, 0) is 9.59 Å². The van der Waals surface area contributed by atoms with E-state index in [1.807, 2.05) is 13.8 Å². The van der Waals surface area contributed by atoms with Gasteiger partial charge < -0.3 is 15.7 Å². The number of aliphatic hydroxyl groups is 1. The number of nitrogens with one attached hydrogen (secondary N) is 2. The number of amides is 2. The average molecular weight is 258 g/mol. The molecule has 0 saturated heterocycles. The van der Waals surface area contributed by atoms with Crippen LogP contribution >= 0.6 is 0 Å². The Morgan fingerprint density at radius 2 is 1.72 bits per heavy atom. The van der Waals surface area contributed by atoms with E-state index in [0.29, 0.717) is 12.3 Å². The highest BCUT2D eigenvalue weighted by atomic mass is 16.3. The molecule has 106 valence electrons. The third kappa shape index (κ3) is 8.06. The molecule has 18 heavy (non-hydrogen) atoms. The summed E-state index contributed by atoms with van der Waals surface area (Å²) in [7, 11) is 0. The normalized spacial score (nSPS) is 14.1. The summed E-state index contributed by atoms with van der Waals surface area (Å²) in [5.41, 5.74) is 0. The van der Waals surface area contributed by atoms with Crippen LogP contribution in [0.2, 0.25) is 0 Å². The Bertz CT molecular complexity index is 267. The van der Waals surface area contributed by atoms with Crippen LogP contribution < -0.4 is 10.6 Å². The molecule has 3 N–H and O–H groups in total. The molecule has 0 aromatic rings. The second-order valence-electron chi connectivity index (χ2n) is 5.23. The van der Waals surface area contributed by atoms with Gasteiger partial charge in [-0.3, -0.25) is 9.59 Å². The molecule has 0 fully saturated rings. The van der Waals surface area contributed by atoms with Gasteiger partial charge in [-0.05, 0) is 25.2 Å². The van der Waals surface area contributed by atoms with E-state index in [9.17, 15) is 9.59 Å². The first-order valence-electron chi connectivity index (χ1n) is 6.53. The van der Waals surface area contributed by atoms with Gasteiger partial charge in [0.25, 0.3) is 0 Å². The van der Waals surface area contributed by atoms with Gasteiger partial charge in [0.05, 0.1) is 6.54 Å². The van der Waals surface area contributed by atoms with Gasteiger partial charge in [0, 0.05) is 19.1 Å². The van der Waals surface area contributed by atoms with Gasteiger partial charge in [-0.25, -0.2) is 0 Å². The fourth-order valence-electron chi connectivity index (χ4n) is 1.29. The summed E-state index contributed by atoms with van der Waals surface area (Å²) < 4.78 is 0. The molecule has 0 aliphatic heterocycles. The molecule has 0 aromatic carbocycles. The van der Waals surface area contributed by atoms with Crippen LogP contribution in [0, 0.1) is 11.8 Å². The fourth-order valence-corrected chi connectivity index (χ4v) is 1.29. The van der Waals surface area contributed by atoms with Crippen LogP contribution in [0.15, 0.2) is 0 Å². The number of aliphatic hydroxyl groups excluding tert-OH is 1. The van der Waals surface area contributed by atoms with Crippen molar-refractivity contribution >= 4 is 11.8 Å². The lowest BCUT2D eigenvalue weighted by Crippen LogP contribution is -2.43. The fraction of sp³-hybridized carbons (Fsp3) is 0.846. The van der Waals surface area contributed by atoms with E-state index >= 15 is 0 Å². The van der Waals surface area contributed by atoms with E-state index in [1.54, 1.807) is 0 Å². The third-order valence-electron chi connectivity index (χ3n) is 2.93. The number of rotatable bonds is 8. The Balaban J connectivity index is 3.79. The SMILES string of the molecule is CC(C)CCC(=O)NCC(=O)NC(C)C(C)CO. The summed E-state index contributed by atoms with van der Waals surface area (Å²) in [6.07, 6.45) is 1.28. The van der Waals surface area contributed by atoms with E-state index in [4.69, 9.17) is 5.11 Å². The van der Waals surface area contributed by atoms with Gasteiger partial charge in [-0.15, -0.1) is 0 Å². The lowest BCUT2D eigenvalue weighted by molar-refractivity contribution is -0.126. The molecule has 2 unspecified atom stereocenters. The summed E-state index contributed by atoms with van der Waals surface area (Å²) in [5, 5.41) is 14.3. The van der Waals surface area contributed by atoms with Crippen molar-refractivity contribution < 1.29 is 14.7 Å². The second-order valence-corrected chi connectivity index (χ2v) is 5.23. The number of hydrogen-bond acceptors (Lipinski definition) is 3. The predicted octanol–water partition coefficient (Wildman–Crippen LogP) is 0.672. The quantitative estimate of drug-likeness (QED) is 0.599. The summed E-state index contributed by atoms with van der Waals surface area (Å²) in [5.74, 6) is 0.169. The van der Waals surface area contributed by atoms with E-state index in [2.05, 4.69) is 24.5 Å². The Morgan fingerprint density at radius 1 is 1.11 bits per heavy atom. The van der Waals surface area contributed by atoms with Gasteiger partial charge in [0.15, 0.2) is 0 Å². The van der Waals surface area contributed by atoms with Crippen molar-refractivity contribution in [3.8, 4) is 0 Å². The lowest BCUT2D eigenvalue weighted by atomic mass is 10.1. The maximum Gasteiger partial charge on any atom is 0.239 e. The maximum atomic E-state index is 11.5. The molecule has 5 nitrogen and oxygen atoms in total. The molecule has 0 saturated carbocycles. The predicted molar refractivity (Wildman–Crippen MR) is 70.9 cm³/mol. The summed E-state index contributed by atoms with van der Waals surface area (Å²) in [6, 6.07) is -0.102. The molecule has 0 rings (SSSR count). The van der Waals surface area contributed by atoms with Crippen molar-refractivity contribution in [2.24, 2.45) is 11.8 Å². The van der Waals surface area contributed by atoms with Crippen molar-refractivity contribution in [3.05, 3.63) is 0 Å². The average Bonchev–Trinajstić information content (AvgIpc) is 2.32. The first-order valence-corrected chi connectivity index (χ1v) is 6.53. The van der Waals surface area contributed by atoms with E-state index < -0.39 is 0 Å². The van der Waals surface area contributed by atoms with Crippen LogP contribution in [0.3, 0.4) is 0 Å². The van der Waals surface area contributed by atoms with Gasteiger partial charge in [-0.1, -0.05) is 20.8 Å². The minimum absolute atomic E-state index is 0.000578. The first-order chi connectivity index (χ1) is 8.36.